The smallest absolute Gasteiger partial charge is 0.220 e. The van der Waals surface area contributed by atoms with Gasteiger partial charge in [-0.3, -0.25) is 4.79 Å². The Morgan fingerprint density at radius 3 is 1.13 bits per heavy atom. The normalized spacial score (nSPS) is 29.4. The van der Waals surface area contributed by atoms with Crippen molar-refractivity contribution in [3.05, 3.63) is 12.2 Å². The Bertz CT molecular complexity index is 1560. The van der Waals surface area contributed by atoms with Crippen LogP contribution in [0, 0.1) is 0 Å². The SMILES string of the molecule is CCCCCCCCCCCCCCCCCCCCCCCCCCCC/C=C/C(O)C(COC1OC(CO)C(OC2OC(CO)C(OC3OC(CO)C(O)C(O)C3O)C(O)C2O)C(O)C1O)NC(=O)CCCCCCCCCCCC. The van der Waals surface area contributed by atoms with E-state index < -0.39 is 124 Å². The maximum atomic E-state index is 13.3. The summed E-state index contributed by atoms with van der Waals surface area (Å²) in [6.45, 7) is 1.73. The Labute approximate surface area is 499 Å². The lowest BCUT2D eigenvalue weighted by atomic mass is 9.96. The number of carbonyl (C=O) groups is 1. The maximum absolute atomic E-state index is 13.3. The highest BCUT2D eigenvalue weighted by molar-refractivity contribution is 5.76. The standard InChI is InChI=1S/C64H121NO18/c1-3-5-7-9-11-13-15-16-17-18-19-20-21-22-23-24-25-26-27-28-29-30-31-32-33-35-37-39-41-48(69)47(65-52(70)42-40-38-36-34-14-12-10-8-6-4-2)46-78-62-58(76)55(73)60(50(44-67)80-62)83-64-59(77)56(74)61(51(45-68)81-64)82-63-57(75)54(72)53(71)49(43-66)79-63/h39,41,47-51,53-64,66-69,71-77H,3-38,40,42-46H2,1-2H3,(H,65,70)/b41-39+. The first-order valence-electron chi connectivity index (χ1n) is 33.4. The van der Waals surface area contributed by atoms with Gasteiger partial charge >= 0.3 is 0 Å². The zero-order valence-electron chi connectivity index (χ0n) is 51.4. The fourth-order valence-corrected chi connectivity index (χ4v) is 11.6. The molecular formula is C64H121NO18. The summed E-state index contributed by atoms with van der Waals surface area (Å²) in [5.41, 5.74) is 0. The van der Waals surface area contributed by atoms with Gasteiger partial charge in [-0.1, -0.05) is 244 Å². The van der Waals surface area contributed by atoms with Gasteiger partial charge in [-0.05, 0) is 19.3 Å². The van der Waals surface area contributed by atoms with Crippen molar-refractivity contribution in [3.63, 3.8) is 0 Å². The number of nitrogens with one attached hydrogen (secondary N) is 1. The van der Waals surface area contributed by atoms with E-state index in [2.05, 4.69) is 19.2 Å². The number of ether oxygens (including phenoxy) is 6. The fraction of sp³-hybridized carbons (Fsp3) is 0.953. The molecule has 3 aliphatic heterocycles. The summed E-state index contributed by atoms with van der Waals surface area (Å²) in [5.74, 6) is -0.275. The highest BCUT2D eigenvalue weighted by atomic mass is 16.8. The lowest BCUT2D eigenvalue weighted by Gasteiger charge is -2.48. The lowest BCUT2D eigenvalue weighted by molar-refractivity contribution is -0.379. The minimum Gasteiger partial charge on any atom is -0.394 e. The zero-order chi connectivity index (χ0) is 60.5. The highest BCUT2D eigenvalue weighted by Crippen LogP contribution is 2.33. The molecular weight excluding hydrogens is 1070 g/mol. The second kappa shape index (κ2) is 47.5. The van der Waals surface area contributed by atoms with Crippen molar-refractivity contribution in [1.82, 2.24) is 5.32 Å². The van der Waals surface area contributed by atoms with Crippen molar-refractivity contribution < 1.29 is 89.4 Å². The van der Waals surface area contributed by atoms with Crippen molar-refractivity contribution in [2.75, 3.05) is 26.4 Å². The number of amides is 1. The van der Waals surface area contributed by atoms with Crippen LogP contribution in [0.1, 0.15) is 258 Å². The molecule has 0 aliphatic carbocycles. The molecule has 1 amide bonds. The highest BCUT2D eigenvalue weighted by Gasteiger charge is 2.53. The molecule has 490 valence electrons. The topological polar surface area (TPSA) is 307 Å². The Morgan fingerprint density at radius 1 is 0.422 bits per heavy atom. The third-order valence-corrected chi connectivity index (χ3v) is 17.1. The number of carbonyl (C=O) groups excluding carboxylic acids is 1. The summed E-state index contributed by atoms with van der Waals surface area (Å²) in [6, 6.07) is -0.967. The van der Waals surface area contributed by atoms with Crippen LogP contribution >= 0.6 is 0 Å². The van der Waals surface area contributed by atoms with Crippen molar-refractivity contribution in [1.29, 1.82) is 0 Å². The van der Waals surface area contributed by atoms with E-state index in [0.29, 0.717) is 6.42 Å². The Kier molecular flexibility index (Phi) is 43.4. The largest absolute Gasteiger partial charge is 0.394 e. The van der Waals surface area contributed by atoms with Crippen LogP contribution in [0.4, 0.5) is 0 Å². The van der Waals surface area contributed by atoms with Crippen LogP contribution in [0.25, 0.3) is 0 Å². The molecule has 3 fully saturated rings. The molecule has 17 atom stereocenters. The average molecular weight is 1190 g/mol. The quantitative estimate of drug-likeness (QED) is 0.0205. The number of rotatable bonds is 51. The number of hydrogen-bond donors (Lipinski definition) is 12. The molecule has 0 aromatic rings. The molecule has 17 unspecified atom stereocenters. The second-order valence-electron chi connectivity index (χ2n) is 24.3. The molecule has 0 saturated carbocycles. The molecule has 0 aromatic carbocycles. The van der Waals surface area contributed by atoms with Crippen molar-refractivity contribution in [3.8, 4) is 0 Å². The summed E-state index contributed by atoms with van der Waals surface area (Å²) in [4.78, 5) is 13.3. The number of unbranched alkanes of at least 4 members (excludes halogenated alkanes) is 35. The van der Waals surface area contributed by atoms with E-state index in [1.807, 2.05) is 6.08 Å². The zero-order valence-corrected chi connectivity index (χ0v) is 51.4. The van der Waals surface area contributed by atoms with Gasteiger partial charge in [0.05, 0.1) is 38.6 Å². The molecule has 83 heavy (non-hydrogen) atoms. The van der Waals surface area contributed by atoms with E-state index in [4.69, 9.17) is 28.4 Å². The van der Waals surface area contributed by atoms with Gasteiger partial charge < -0.3 is 89.9 Å². The third-order valence-electron chi connectivity index (χ3n) is 17.1. The van der Waals surface area contributed by atoms with E-state index in [0.717, 1.165) is 44.9 Å². The molecule has 3 rings (SSSR count). The molecule has 3 saturated heterocycles. The molecule has 3 aliphatic rings. The summed E-state index contributed by atoms with van der Waals surface area (Å²) in [7, 11) is 0. The van der Waals surface area contributed by atoms with Gasteiger partial charge in [0.25, 0.3) is 0 Å². The van der Waals surface area contributed by atoms with Crippen LogP contribution in [0.2, 0.25) is 0 Å². The van der Waals surface area contributed by atoms with Crippen LogP contribution in [-0.2, 0) is 33.2 Å². The predicted octanol–water partition coefficient (Wildman–Crippen LogP) is 7.72. The summed E-state index contributed by atoms with van der Waals surface area (Å²) >= 11 is 0. The Hall–Kier alpha value is -1.47. The van der Waals surface area contributed by atoms with Gasteiger partial charge in [-0.2, -0.15) is 0 Å². The lowest BCUT2D eigenvalue weighted by Crippen LogP contribution is -2.66. The monoisotopic (exact) mass is 1190 g/mol. The van der Waals surface area contributed by atoms with Gasteiger partial charge in [-0.15, -0.1) is 0 Å². The van der Waals surface area contributed by atoms with E-state index in [1.165, 1.54) is 186 Å². The maximum Gasteiger partial charge on any atom is 0.220 e. The van der Waals surface area contributed by atoms with Crippen LogP contribution in [0.15, 0.2) is 12.2 Å². The minimum atomic E-state index is -1.97. The summed E-state index contributed by atoms with van der Waals surface area (Å²) in [5, 5.41) is 120. The number of hydrogen-bond acceptors (Lipinski definition) is 18. The number of aliphatic hydroxyl groups is 11. The average Bonchev–Trinajstić information content (AvgIpc) is 3.60. The van der Waals surface area contributed by atoms with E-state index >= 15 is 0 Å². The second-order valence-corrected chi connectivity index (χ2v) is 24.3. The summed E-state index contributed by atoms with van der Waals surface area (Å²) < 4.78 is 34.3. The summed E-state index contributed by atoms with van der Waals surface area (Å²) in [6.07, 6.45) is 23.6. The first kappa shape index (κ1) is 75.8. The van der Waals surface area contributed by atoms with Crippen molar-refractivity contribution in [2.24, 2.45) is 0 Å². The molecule has 19 heteroatoms. The van der Waals surface area contributed by atoms with Crippen LogP contribution < -0.4 is 5.32 Å². The first-order chi connectivity index (χ1) is 40.3. The van der Waals surface area contributed by atoms with Gasteiger partial charge in [0.2, 0.25) is 5.91 Å². The number of allylic oxidation sites excluding steroid dienone is 1. The molecule has 0 spiro atoms. The van der Waals surface area contributed by atoms with Gasteiger partial charge in [-0.25, -0.2) is 0 Å². The molecule has 3 heterocycles. The number of aliphatic hydroxyl groups excluding tert-OH is 11. The van der Waals surface area contributed by atoms with Crippen LogP contribution in [0.5, 0.6) is 0 Å². The molecule has 0 radical (unpaired) electrons. The van der Waals surface area contributed by atoms with Gasteiger partial charge in [0.15, 0.2) is 18.9 Å². The van der Waals surface area contributed by atoms with Crippen LogP contribution in [0.3, 0.4) is 0 Å². The van der Waals surface area contributed by atoms with E-state index in [1.54, 1.807) is 6.08 Å². The Balaban J connectivity index is 1.40. The molecule has 0 bridgehead atoms. The fourth-order valence-electron chi connectivity index (χ4n) is 11.6. The minimum absolute atomic E-state index is 0.247. The van der Waals surface area contributed by atoms with Crippen molar-refractivity contribution in [2.45, 2.75) is 362 Å². The van der Waals surface area contributed by atoms with Gasteiger partial charge in [0.1, 0.15) is 73.2 Å². The molecule has 12 N–H and O–H groups in total. The Morgan fingerprint density at radius 2 is 0.747 bits per heavy atom. The third kappa shape index (κ3) is 30.5. The van der Waals surface area contributed by atoms with Crippen LogP contribution in [-0.4, -0.2) is 193 Å². The first-order valence-corrected chi connectivity index (χ1v) is 33.4. The van der Waals surface area contributed by atoms with Gasteiger partial charge in [0, 0.05) is 6.42 Å². The van der Waals surface area contributed by atoms with Crippen molar-refractivity contribution >= 4 is 5.91 Å². The molecule has 0 aromatic heterocycles. The predicted molar refractivity (Wildman–Crippen MR) is 319 cm³/mol. The van der Waals surface area contributed by atoms with E-state index in [9.17, 15) is 61.0 Å². The van der Waals surface area contributed by atoms with E-state index in [-0.39, 0.29) is 18.9 Å². The molecule has 19 nitrogen and oxygen atoms in total.